The van der Waals surface area contributed by atoms with Crippen LogP contribution in [0.4, 0.5) is 10.5 Å². The molecule has 320 valence electrons. The van der Waals surface area contributed by atoms with Gasteiger partial charge < -0.3 is 51.0 Å². The predicted octanol–water partition coefficient (Wildman–Crippen LogP) is 3.54. The van der Waals surface area contributed by atoms with Gasteiger partial charge in [0.2, 0.25) is 17.7 Å². The van der Waals surface area contributed by atoms with Gasteiger partial charge in [0.25, 0.3) is 0 Å². The molecule has 0 radical (unpaired) electrons. The highest BCUT2D eigenvalue weighted by Gasteiger charge is 2.53. The van der Waals surface area contributed by atoms with Crippen LogP contribution in [0.25, 0.3) is 0 Å². The number of carbonyl (C=O) groups is 5. The lowest BCUT2D eigenvalue weighted by atomic mass is 9.77. The maximum atomic E-state index is 13.4. The summed E-state index contributed by atoms with van der Waals surface area (Å²) >= 11 is 1.87. The molecule has 3 aromatic carbocycles. The van der Waals surface area contributed by atoms with Crippen LogP contribution in [0.15, 0.2) is 60.8 Å². The summed E-state index contributed by atoms with van der Waals surface area (Å²) in [6, 6.07) is 14.2. The number of ether oxygens (including phenoxy) is 3. The number of thioether (sulfide) groups is 1. The number of benzene rings is 3. The van der Waals surface area contributed by atoms with E-state index in [2.05, 4.69) is 36.9 Å². The predicted molar refractivity (Wildman–Crippen MR) is 220 cm³/mol. The number of aromatic hydroxyl groups is 2. The van der Waals surface area contributed by atoms with Crippen molar-refractivity contribution in [3.8, 4) is 23.0 Å². The molecule has 4 aromatic rings. The Morgan fingerprint density at radius 2 is 1.59 bits per heavy atom. The van der Waals surface area contributed by atoms with Gasteiger partial charge in [0.1, 0.15) is 28.7 Å². The Kier molecular flexibility index (Phi) is 12.3. The number of carbonyl (C=O) groups excluding carboxylic acids is 5. The zero-order valence-corrected chi connectivity index (χ0v) is 33.9. The minimum atomic E-state index is -1.40. The highest BCUT2D eigenvalue weighted by Crippen LogP contribution is 2.57. The molecular weight excluding hydrogens is 809 g/mol. The minimum absolute atomic E-state index is 0.0437. The van der Waals surface area contributed by atoms with Crippen LogP contribution in [-0.2, 0) is 42.5 Å². The normalized spacial score (nSPS) is 18.8. The van der Waals surface area contributed by atoms with Crippen molar-refractivity contribution in [2.24, 2.45) is 0 Å². The molecular formula is C42H46N8O10S. The van der Waals surface area contributed by atoms with Crippen LogP contribution in [0.1, 0.15) is 77.7 Å². The van der Waals surface area contributed by atoms with Gasteiger partial charge >= 0.3 is 12.0 Å². The van der Waals surface area contributed by atoms with Crippen molar-refractivity contribution < 1.29 is 48.4 Å². The number of urea groups is 1. The van der Waals surface area contributed by atoms with Gasteiger partial charge in [0.05, 0.1) is 50.1 Å². The Labute approximate surface area is 354 Å². The summed E-state index contributed by atoms with van der Waals surface area (Å²) in [4.78, 5) is 62.4. The molecule has 4 aliphatic rings. The number of aromatic nitrogens is 3. The molecule has 2 fully saturated rings. The fourth-order valence-electron chi connectivity index (χ4n) is 8.11. The first-order valence-corrected chi connectivity index (χ1v) is 21.3. The van der Waals surface area contributed by atoms with Crippen LogP contribution < -0.4 is 31.3 Å². The lowest BCUT2D eigenvalue weighted by molar-refractivity contribution is -0.122. The third-order valence-electron chi connectivity index (χ3n) is 11.0. The molecule has 19 heteroatoms. The SMILES string of the molecule is O=C(CCCC(=O)Nc1ccc2c(c1)C(=O)OC21c2ccc(O)cc2Oc2cc(O)ccc21)NCCOCCn1cc(CNC(=O)CCCCC2SCC3NC(=O)NC32)nn1. The van der Waals surface area contributed by atoms with Crippen molar-refractivity contribution >= 4 is 47.2 Å². The van der Waals surface area contributed by atoms with E-state index in [1.54, 1.807) is 41.2 Å². The van der Waals surface area contributed by atoms with E-state index in [-0.39, 0.29) is 90.4 Å². The molecule has 3 atom stereocenters. The molecule has 18 nitrogen and oxygen atoms in total. The highest BCUT2D eigenvalue weighted by atomic mass is 32.2. The fraction of sp³-hybridized carbons (Fsp3) is 0.405. The van der Waals surface area contributed by atoms with Gasteiger partial charge in [-0.05, 0) is 55.7 Å². The number of unbranched alkanes of at least 4 members (excludes halogenated alkanes) is 1. The molecule has 4 aliphatic heterocycles. The summed E-state index contributed by atoms with van der Waals surface area (Å²) in [5.74, 6) is 0.158. The number of nitrogens with zero attached hydrogens (tertiary/aromatic N) is 3. The number of rotatable bonds is 18. The molecule has 7 N–H and O–H groups in total. The van der Waals surface area contributed by atoms with Crippen LogP contribution >= 0.6 is 11.8 Å². The highest BCUT2D eigenvalue weighted by molar-refractivity contribution is 8.00. The molecule has 5 heterocycles. The Morgan fingerprint density at radius 1 is 0.869 bits per heavy atom. The molecule has 5 amide bonds. The van der Waals surface area contributed by atoms with Gasteiger partial charge in [0.15, 0.2) is 5.60 Å². The average molecular weight is 855 g/mol. The van der Waals surface area contributed by atoms with E-state index in [0.717, 1.165) is 25.0 Å². The maximum Gasteiger partial charge on any atom is 0.340 e. The van der Waals surface area contributed by atoms with Gasteiger partial charge in [-0.25, -0.2) is 14.3 Å². The van der Waals surface area contributed by atoms with Crippen molar-refractivity contribution in [2.45, 2.75) is 81.0 Å². The smallest absolute Gasteiger partial charge is 0.340 e. The van der Waals surface area contributed by atoms with Crippen LogP contribution in [0, 0.1) is 0 Å². The second kappa shape index (κ2) is 18.1. The van der Waals surface area contributed by atoms with E-state index in [1.165, 1.54) is 24.3 Å². The van der Waals surface area contributed by atoms with Gasteiger partial charge in [-0.3, -0.25) is 14.4 Å². The van der Waals surface area contributed by atoms with Gasteiger partial charge in [0, 0.05) is 71.3 Å². The summed E-state index contributed by atoms with van der Waals surface area (Å²) < 4.78 is 19.3. The number of esters is 1. The first-order chi connectivity index (χ1) is 29.5. The summed E-state index contributed by atoms with van der Waals surface area (Å²) in [6.07, 6.45) is 5.34. The summed E-state index contributed by atoms with van der Waals surface area (Å²) in [7, 11) is 0. The maximum absolute atomic E-state index is 13.4. The number of amides is 5. The number of phenols is 2. The van der Waals surface area contributed by atoms with E-state index in [9.17, 15) is 34.2 Å². The average Bonchev–Trinajstić information content (AvgIpc) is 4.00. The van der Waals surface area contributed by atoms with E-state index in [1.807, 2.05) is 11.8 Å². The quantitative estimate of drug-likeness (QED) is 0.0431. The Balaban J connectivity index is 0.697. The van der Waals surface area contributed by atoms with Crippen molar-refractivity contribution in [1.29, 1.82) is 0 Å². The number of fused-ring (bicyclic) bond motifs is 7. The number of anilines is 1. The van der Waals surface area contributed by atoms with Gasteiger partial charge in [-0.1, -0.05) is 17.7 Å². The van der Waals surface area contributed by atoms with Crippen molar-refractivity contribution in [3.63, 3.8) is 0 Å². The van der Waals surface area contributed by atoms with Crippen LogP contribution in [0.5, 0.6) is 23.0 Å². The summed E-state index contributed by atoms with van der Waals surface area (Å²) in [6.45, 7) is 1.65. The number of hydrogen-bond donors (Lipinski definition) is 7. The minimum Gasteiger partial charge on any atom is -0.508 e. The zero-order valence-electron chi connectivity index (χ0n) is 33.1. The second-order valence-electron chi connectivity index (χ2n) is 15.3. The van der Waals surface area contributed by atoms with Crippen LogP contribution in [0.2, 0.25) is 0 Å². The first-order valence-electron chi connectivity index (χ1n) is 20.3. The third-order valence-corrected chi connectivity index (χ3v) is 12.5. The first kappa shape index (κ1) is 41.4. The van der Waals surface area contributed by atoms with Crippen LogP contribution in [-0.4, -0.2) is 97.8 Å². The zero-order chi connectivity index (χ0) is 42.5. The van der Waals surface area contributed by atoms with E-state index in [4.69, 9.17) is 14.2 Å². The monoisotopic (exact) mass is 854 g/mol. The molecule has 0 bridgehead atoms. The van der Waals surface area contributed by atoms with Gasteiger partial charge in [-0.15, -0.1) is 5.10 Å². The van der Waals surface area contributed by atoms with Crippen molar-refractivity contribution in [3.05, 3.63) is 88.7 Å². The third kappa shape index (κ3) is 9.22. The second-order valence-corrected chi connectivity index (χ2v) is 16.5. The number of phenolic OH excluding ortho intramolecular Hbond substituents is 2. The molecule has 0 aliphatic carbocycles. The molecule has 8 rings (SSSR count). The molecule has 3 unspecified atom stereocenters. The Hall–Kier alpha value is -6.34. The molecule has 1 spiro atoms. The largest absolute Gasteiger partial charge is 0.508 e. The Bertz CT molecular complexity index is 2290. The summed E-state index contributed by atoms with van der Waals surface area (Å²) in [5, 5.41) is 43.2. The number of hydrogen-bond acceptors (Lipinski definition) is 13. The number of nitrogens with one attached hydrogen (secondary N) is 5. The lowest BCUT2D eigenvalue weighted by Gasteiger charge is -2.36. The van der Waals surface area contributed by atoms with E-state index in [0.29, 0.717) is 65.9 Å². The molecule has 61 heavy (non-hydrogen) atoms. The fourth-order valence-corrected chi connectivity index (χ4v) is 9.65. The van der Waals surface area contributed by atoms with Crippen molar-refractivity contribution in [2.75, 3.05) is 30.8 Å². The summed E-state index contributed by atoms with van der Waals surface area (Å²) in [5.41, 5.74) is 1.35. The van der Waals surface area contributed by atoms with Crippen molar-refractivity contribution in [1.82, 2.24) is 36.3 Å². The topological polar surface area (TPSA) is 244 Å². The molecule has 1 aromatic heterocycles. The molecule has 0 saturated carbocycles. The van der Waals surface area contributed by atoms with E-state index < -0.39 is 11.6 Å². The Morgan fingerprint density at radius 3 is 2.38 bits per heavy atom. The van der Waals surface area contributed by atoms with Gasteiger partial charge in [-0.2, -0.15) is 11.8 Å². The molecule has 2 saturated heterocycles. The van der Waals surface area contributed by atoms with E-state index >= 15 is 0 Å². The lowest BCUT2D eigenvalue weighted by Crippen LogP contribution is -2.36. The van der Waals surface area contributed by atoms with Crippen LogP contribution in [0.3, 0.4) is 0 Å². The standard InChI is InChI=1S/C42H46N8O10S/c51-26-9-12-30-33(19-26)59-34-20-27(52)10-13-31(34)42(30)29-11-8-24(18-28(29)40(56)60-42)45-38(55)7-3-6-36(53)43-14-16-58-17-15-50-22-25(48-49-50)21-44-37(54)5-2-1-4-35-39-32(23-61-35)46-41(57)47-39/h8-13,18-20,22,32,35,39,51-52H,1-7,14-17,21,23H2,(H,43,53)(H,44,54)(H,45,55)(H2,46,47,57).